The molecule has 0 bridgehead atoms. The number of aromatic nitrogens is 3. The second-order valence-corrected chi connectivity index (χ2v) is 7.22. The predicted octanol–water partition coefficient (Wildman–Crippen LogP) is 4.11. The Labute approximate surface area is 182 Å². The van der Waals surface area contributed by atoms with Gasteiger partial charge >= 0.3 is 5.56 Å². The van der Waals surface area contributed by atoms with E-state index in [0.29, 0.717) is 27.9 Å². The van der Waals surface area contributed by atoms with E-state index in [1.165, 1.54) is 25.7 Å². The molecule has 0 aliphatic carbocycles. The molecule has 0 fully saturated rings. The van der Waals surface area contributed by atoms with Crippen molar-refractivity contribution in [3.8, 4) is 22.8 Å². The standard InChI is InChI=1S/C24H18N4O4/c1-14-10-17(16-6-4-3-5-7-16)27-23-20(14)21-22(32-23)24(30)28(13-25-21)26-12-15-8-9-18(29)19(11-15)31-2/h3-13,29H,1-2H3/b26-12+. The van der Waals surface area contributed by atoms with E-state index < -0.39 is 5.56 Å². The summed E-state index contributed by atoms with van der Waals surface area (Å²) in [7, 11) is 1.46. The molecule has 0 saturated carbocycles. The summed E-state index contributed by atoms with van der Waals surface area (Å²) in [6, 6.07) is 16.5. The zero-order chi connectivity index (χ0) is 22.2. The molecule has 158 valence electrons. The molecule has 8 nitrogen and oxygen atoms in total. The van der Waals surface area contributed by atoms with Crippen LogP contribution in [0.25, 0.3) is 33.5 Å². The van der Waals surface area contributed by atoms with Gasteiger partial charge in [0.25, 0.3) is 0 Å². The number of benzene rings is 2. The lowest BCUT2D eigenvalue weighted by molar-refractivity contribution is 0.373. The molecule has 0 amide bonds. The maximum Gasteiger partial charge on any atom is 0.317 e. The van der Waals surface area contributed by atoms with E-state index in [1.807, 2.05) is 43.3 Å². The molecule has 3 aromatic heterocycles. The van der Waals surface area contributed by atoms with Crippen LogP contribution < -0.4 is 10.3 Å². The van der Waals surface area contributed by atoms with Crippen molar-refractivity contribution < 1.29 is 14.3 Å². The first-order valence-corrected chi connectivity index (χ1v) is 9.83. The monoisotopic (exact) mass is 426 g/mol. The number of pyridine rings is 1. The van der Waals surface area contributed by atoms with Crippen molar-refractivity contribution in [1.29, 1.82) is 0 Å². The number of fused-ring (bicyclic) bond motifs is 3. The predicted molar refractivity (Wildman–Crippen MR) is 121 cm³/mol. The summed E-state index contributed by atoms with van der Waals surface area (Å²) in [4.78, 5) is 22.0. The van der Waals surface area contributed by atoms with Crippen LogP contribution in [0.1, 0.15) is 11.1 Å². The Morgan fingerprint density at radius 2 is 1.97 bits per heavy atom. The Hall–Kier alpha value is -4.46. The van der Waals surface area contributed by atoms with Gasteiger partial charge in [-0.1, -0.05) is 30.3 Å². The molecule has 5 aromatic rings. The molecule has 3 heterocycles. The van der Waals surface area contributed by atoms with Gasteiger partial charge in [0, 0.05) is 5.56 Å². The van der Waals surface area contributed by atoms with Gasteiger partial charge in [-0.25, -0.2) is 9.97 Å². The average molecular weight is 426 g/mol. The number of aryl methyl sites for hydroxylation is 1. The third-order valence-corrected chi connectivity index (χ3v) is 5.14. The summed E-state index contributed by atoms with van der Waals surface area (Å²) in [6.07, 6.45) is 2.81. The van der Waals surface area contributed by atoms with Gasteiger partial charge in [-0.05, 0) is 42.3 Å². The molecule has 0 unspecified atom stereocenters. The zero-order valence-electron chi connectivity index (χ0n) is 17.3. The molecular weight excluding hydrogens is 408 g/mol. The van der Waals surface area contributed by atoms with Crippen LogP contribution in [-0.4, -0.2) is 33.1 Å². The number of aromatic hydroxyl groups is 1. The minimum atomic E-state index is -0.448. The van der Waals surface area contributed by atoms with Gasteiger partial charge in [0.1, 0.15) is 11.8 Å². The maximum atomic E-state index is 13.0. The van der Waals surface area contributed by atoms with E-state index in [2.05, 4.69) is 15.1 Å². The molecule has 2 aromatic carbocycles. The van der Waals surface area contributed by atoms with Crippen LogP contribution in [0.4, 0.5) is 0 Å². The highest BCUT2D eigenvalue weighted by atomic mass is 16.5. The largest absolute Gasteiger partial charge is 0.504 e. The van der Waals surface area contributed by atoms with Gasteiger partial charge in [-0.15, -0.1) is 0 Å². The fourth-order valence-corrected chi connectivity index (χ4v) is 3.54. The highest BCUT2D eigenvalue weighted by Gasteiger charge is 2.17. The molecule has 32 heavy (non-hydrogen) atoms. The number of furan rings is 1. The second kappa shape index (κ2) is 7.66. The van der Waals surface area contributed by atoms with E-state index in [0.717, 1.165) is 21.5 Å². The van der Waals surface area contributed by atoms with Crippen molar-refractivity contribution in [2.75, 3.05) is 7.11 Å². The summed E-state index contributed by atoms with van der Waals surface area (Å²) in [5.41, 5.74) is 3.71. The Balaban J connectivity index is 1.60. The lowest BCUT2D eigenvalue weighted by Gasteiger charge is -2.03. The zero-order valence-corrected chi connectivity index (χ0v) is 17.3. The van der Waals surface area contributed by atoms with Crippen molar-refractivity contribution >= 4 is 28.4 Å². The van der Waals surface area contributed by atoms with Gasteiger partial charge in [-0.3, -0.25) is 4.79 Å². The molecule has 8 heteroatoms. The third kappa shape index (κ3) is 3.27. The van der Waals surface area contributed by atoms with Crippen molar-refractivity contribution in [3.05, 3.63) is 82.4 Å². The van der Waals surface area contributed by atoms with E-state index in [9.17, 15) is 9.90 Å². The van der Waals surface area contributed by atoms with E-state index in [4.69, 9.17) is 9.15 Å². The number of ether oxygens (including phenoxy) is 1. The molecule has 0 spiro atoms. The number of hydrogen-bond donors (Lipinski definition) is 1. The topological polar surface area (TPSA) is 103 Å². The Morgan fingerprint density at radius 3 is 2.75 bits per heavy atom. The Bertz CT molecular complexity index is 1550. The smallest absolute Gasteiger partial charge is 0.317 e. The second-order valence-electron chi connectivity index (χ2n) is 7.22. The first-order valence-electron chi connectivity index (χ1n) is 9.83. The van der Waals surface area contributed by atoms with Crippen LogP contribution in [-0.2, 0) is 0 Å². The highest BCUT2D eigenvalue weighted by molar-refractivity contribution is 6.03. The van der Waals surface area contributed by atoms with Crippen molar-refractivity contribution in [2.24, 2.45) is 5.10 Å². The first kappa shape index (κ1) is 19.5. The number of nitrogens with zero attached hydrogens (tertiary/aromatic N) is 4. The van der Waals surface area contributed by atoms with Gasteiger partial charge in [0.15, 0.2) is 11.5 Å². The molecule has 0 saturated heterocycles. The summed E-state index contributed by atoms with van der Waals surface area (Å²) < 4.78 is 12.0. The van der Waals surface area contributed by atoms with Crippen LogP contribution in [0.5, 0.6) is 11.5 Å². The summed E-state index contributed by atoms with van der Waals surface area (Å²) in [6.45, 7) is 1.94. The number of methoxy groups -OCH3 is 1. The van der Waals surface area contributed by atoms with E-state index >= 15 is 0 Å². The van der Waals surface area contributed by atoms with Crippen molar-refractivity contribution in [2.45, 2.75) is 6.92 Å². The molecule has 0 aliphatic rings. The number of rotatable bonds is 4. The molecular formula is C24H18N4O4. The van der Waals surface area contributed by atoms with Gasteiger partial charge in [0.2, 0.25) is 11.3 Å². The molecule has 0 radical (unpaired) electrons. The Kier molecular flexibility index (Phi) is 4.67. The van der Waals surface area contributed by atoms with Crippen molar-refractivity contribution in [3.63, 3.8) is 0 Å². The van der Waals surface area contributed by atoms with E-state index in [1.54, 1.807) is 12.1 Å². The molecule has 1 N–H and O–H groups in total. The Morgan fingerprint density at radius 1 is 1.16 bits per heavy atom. The normalized spacial score (nSPS) is 11.6. The van der Waals surface area contributed by atoms with Crippen LogP contribution in [0.15, 0.2) is 75.2 Å². The van der Waals surface area contributed by atoms with Crippen LogP contribution in [0, 0.1) is 6.92 Å². The quantitative estimate of drug-likeness (QED) is 0.434. The third-order valence-electron chi connectivity index (χ3n) is 5.14. The lowest BCUT2D eigenvalue weighted by atomic mass is 10.1. The van der Waals surface area contributed by atoms with Gasteiger partial charge < -0.3 is 14.3 Å². The number of hydrogen-bond acceptors (Lipinski definition) is 7. The lowest BCUT2D eigenvalue weighted by Crippen LogP contribution is -2.16. The van der Waals surface area contributed by atoms with Crippen molar-refractivity contribution in [1.82, 2.24) is 14.6 Å². The van der Waals surface area contributed by atoms with Crippen LogP contribution in [0.3, 0.4) is 0 Å². The number of phenols is 1. The highest BCUT2D eigenvalue weighted by Crippen LogP contribution is 2.30. The van der Waals surface area contributed by atoms with Crippen LogP contribution >= 0.6 is 0 Å². The molecule has 0 aliphatic heterocycles. The van der Waals surface area contributed by atoms with Crippen LogP contribution in [0.2, 0.25) is 0 Å². The fourth-order valence-electron chi connectivity index (χ4n) is 3.54. The van der Waals surface area contributed by atoms with Gasteiger partial charge in [-0.2, -0.15) is 9.78 Å². The number of phenolic OH excluding ortho intramolecular Hbond substituents is 1. The first-order chi connectivity index (χ1) is 15.5. The molecule has 5 rings (SSSR count). The summed E-state index contributed by atoms with van der Waals surface area (Å²) in [5.74, 6) is 0.327. The van der Waals surface area contributed by atoms with Gasteiger partial charge in [0.05, 0.1) is 24.4 Å². The summed E-state index contributed by atoms with van der Waals surface area (Å²) in [5, 5.41) is 14.6. The fraction of sp³-hybridized carbons (Fsp3) is 0.0833. The van der Waals surface area contributed by atoms with E-state index in [-0.39, 0.29) is 11.3 Å². The SMILES string of the molecule is COc1cc(/C=N/n2cnc3c(oc4nc(-c5ccccc5)cc(C)c43)c2=O)ccc1O. The maximum absolute atomic E-state index is 13.0. The summed E-state index contributed by atoms with van der Waals surface area (Å²) >= 11 is 0. The minimum absolute atomic E-state index is 0.0184. The minimum Gasteiger partial charge on any atom is -0.504 e. The molecule has 0 atom stereocenters. The average Bonchev–Trinajstić information content (AvgIpc) is 3.20.